The molecule has 0 unspecified atom stereocenters. The van der Waals surface area contributed by atoms with E-state index in [-0.39, 0.29) is 25.9 Å². The van der Waals surface area contributed by atoms with E-state index >= 15 is 0 Å². The minimum atomic E-state index is -0.559. The number of carbonyl (C=O) groups excluding carboxylic acids is 1. The number of rotatable bonds is 2. The number of halogens is 4. The van der Waals surface area contributed by atoms with Crippen LogP contribution in [0.25, 0.3) is 10.9 Å². The third kappa shape index (κ3) is 3.15. The van der Waals surface area contributed by atoms with Gasteiger partial charge in [-0.1, -0.05) is 64.6 Å². The summed E-state index contributed by atoms with van der Waals surface area (Å²) in [5.41, 5.74) is 1.91. The number of hydrogen-bond acceptors (Lipinski definition) is 3. The third-order valence-electron chi connectivity index (χ3n) is 3.31. The highest BCUT2D eigenvalue weighted by molar-refractivity contribution is 6.52. The van der Waals surface area contributed by atoms with Crippen LogP contribution in [0.1, 0.15) is 16.2 Å². The van der Waals surface area contributed by atoms with Gasteiger partial charge in [-0.3, -0.25) is 9.78 Å². The first-order valence-corrected chi connectivity index (χ1v) is 8.27. The molecular formula is C16H9Cl4N3O. The number of amides is 1. The van der Waals surface area contributed by atoms with Gasteiger partial charge in [-0.2, -0.15) is 0 Å². The Bertz CT molecular complexity index is 975. The maximum absolute atomic E-state index is 12.5. The maximum Gasteiger partial charge on any atom is 0.275 e. The van der Waals surface area contributed by atoms with Crippen LogP contribution in [0.15, 0.2) is 30.3 Å². The summed E-state index contributed by atoms with van der Waals surface area (Å²) in [6.45, 7) is 1.87. The zero-order chi connectivity index (χ0) is 17.4. The molecule has 0 fully saturated rings. The predicted octanol–water partition coefficient (Wildman–Crippen LogP) is 5.80. The predicted molar refractivity (Wildman–Crippen MR) is 98.7 cm³/mol. The summed E-state index contributed by atoms with van der Waals surface area (Å²) in [6.07, 6.45) is 0. The summed E-state index contributed by atoms with van der Waals surface area (Å²) >= 11 is 23.8. The molecule has 0 aliphatic carbocycles. The van der Waals surface area contributed by atoms with E-state index in [0.717, 1.165) is 11.1 Å². The average molecular weight is 401 g/mol. The van der Waals surface area contributed by atoms with Crippen LogP contribution in [0.4, 0.5) is 5.69 Å². The van der Waals surface area contributed by atoms with Crippen molar-refractivity contribution in [2.45, 2.75) is 6.92 Å². The number of carbonyl (C=O) groups is 1. The van der Waals surface area contributed by atoms with E-state index in [0.29, 0.717) is 11.2 Å². The second-order valence-corrected chi connectivity index (χ2v) is 6.47. The molecule has 0 saturated heterocycles. The van der Waals surface area contributed by atoms with Crippen LogP contribution < -0.4 is 5.32 Å². The molecule has 1 N–H and O–H groups in total. The maximum atomic E-state index is 12.5. The molecule has 24 heavy (non-hydrogen) atoms. The minimum absolute atomic E-state index is 0.00216. The van der Waals surface area contributed by atoms with E-state index in [1.165, 1.54) is 0 Å². The van der Waals surface area contributed by atoms with E-state index in [4.69, 9.17) is 46.4 Å². The van der Waals surface area contributed by atoms with Crippen molar-refractivity contribution in [3.05, 3.63) is 61.9 Å². The zero-order valence-corrected chi connectivity index (χ0v) is 15.2. The van der Waals surface area contributed by atoms with Crippen LogP contribution in [-0.2, 0) is 0 Å². The molecule has 2 aromatic heterocycles. The number of aryl methyl sites for hydroxylation is 1. The Morgan fingerprint density at radius 3 is 2.46 bits per heavy atom. The summed E-state index contributed by atoms with van der Waals surface area (Å²) in [4.78, 5) is 20.9. The van der Waals surface area contributed by atoms with E-state index in [1.54, 1.807) is 6.07 Å². The van der Waals surface area contributed by atoms with Gasteiger partial charge < -0.3 is 5.32 Å². The number of hydrogen-bond donors (Lipinski definition) is 1. The summed E-state index contributed by atoms with van der Waals surface area (Å²) < 4.78 is 0. The fourth-order valence-corrected chi connectivity index (χ4v) is 2.98. The lowest BCUT2D eigenvalue weighted by molar-refractivity contribution is 0.102. The molecule has 0 saturated carbocycles. The van der Waals surface area contributed by atoms with Gasteiger partial charge >= 0.3 is 0 Å². The fraction of sp³-hybridized carbons (Fsp3) is 0.0625. The Balaban J connectivity index is 2.04. The Hall–Kier alpha value is -1.59. The molecule has 8 heteroatoms. The van der Waals surface area contributed by atoms with Crippen molar-refractivity contribution < 1.29 is 4.79 Å². The molecule has 0 bridgehead atoms. The summed E-state index contributed by atoms with van der Waals surface area (Å²) in [5, 5.41) is 3.46. The molecule has 0 aliphatic rings. The van der Waals surface area contributed by atoms with Gasteiger partial charge in [0, 0.05) is 11.1 Å². The first-order chi connectivity index (χ1) is 11.4. The Morgan fingerprint density at radius 1 is 0.958 bits per heavy atom. The SMILES string of the molecule is Cc1ccc2cccc(NC(=O)c3nc(Cl)c(Cl)c(Cl)c3Cl)c2n1. The first-order valence-electron chi connectivity index (χ1n) is 6.76. The Kier molecular flexibility index (Phi) is 4.83. The van der Waals surface area contributed by atoms with Crippen molar-refractivity contribution in [3.8, 4) is 0 Å². The smallest absolute Gasteiger partial charge is 0.275 e. The molecular weight excluding hydrogens is 392 g/mol. The van der Waals surface area contributed by atoms with E-state index in [9.17, 15) is 4.79 Å². The normalized spacial score (nSPS) is 10.9. The number of para-hydroxylation sites is 1. The first kappa shape index (κ1) is 17.2. The standard InChI is InChI=1S/C16H9Cl4N3O/c1-7-5-6-8-3-2-4-9(13(8)21-7)22-16(24)14-11(18)10(17)12(19)15(20)23-14/h2-6H,1H3,(H,22,24). The number of benzene rings is 1. The van der Waals surface area contributed by atoms with Crippen molar-refractivity contribution in [3.63, 3.8) is 0 Å². The number of pyridine rings is 2. The third-order valence-corrected chi connectivity index (χ3v) is 4.98. The van der Waals surface area contributed by atoms with Gasteiger partial charge in [0.1, 0.15) is 10.8 Å². The van der Waals surface area contributed by atoms with Crippen LogP contribution in [0.3, 0.4) is 0 Å². The van der Waals surface area contributed by atoms with Gasteiger partial charge in [-0.05, 0) is 19.1 Å². The molecule has 1 aromatic carbocycles. The van der Waals surface area contributed by atoms with Crippen molar-refractivity contribution >= 4 is 68.9 Å². The Labute approximate surface area is 157 Å². The van der Waals surface area contributed by atoms with Gasteiger partial charge in [0.25, 0.3) is 5.91 Å². The number of aromatic nitrogens is 2. The highest BCUT2D eigenvalue weighted by Crippen LogP contribution is 2.36. The van der Waals surface area contributed by atoms with Crippen LogP contribution in [-0.4, -0.2) is 15.9 Å². The average Bonchev–Trinajstić information content (AvgIpc) is 2.56. The monoisotopic (exact) mass is 399 g/mol. The van der Waals surface area contributed by atoms with Crippen LogP contribution in [0.5, 0.6) is 0 Å². The minimum Gasteiger partial charge on any atom is -0.319 e. The van der Waals surface area contributed by atoms with E-state index in [1.807, 2.05) is 31.2 Å². The molecule has 1 amide bonds. The summed E-state index contributed by atoms with van der Waals surface area (Å²) in [7, 11) is 0. The zero-order valence-electron chi connectivity index (χ0n) is 12.2. The molecule has 4 nitrogen and oxygen atoms in total. The highest BCUT2D eigenvalue weighted by atomic mass is 35.5. The molecule has 122 valence electrons. The highest BCUT2D eigenvalue weighted by Gasteiger charge is 2.21. The Morgan fingerprint density at radius 2 is 1.71 bits per heavy atom. The number of nitrogens with zero attached hydrogens (tertiary/aromatic N) is 2. The molecule has 0 atom stereocenters. The number of fused-ring (bicyclic) bond motifs is 1. The van der Waals surface area contributed by atoms with Crippen LogP contribution in [0, 0.1) is 6.92 Å². The van der Waals surface area contributed by atoms with Gasteiger partial charge in [-0.25, -0.2) is 4.98 Å². The van der Waals surface area contributed by atoms with Crippen molar-refractivity contribution in [1.29, 1.82) is 0 Å². The van der Waals surface area contributed by atoms with E-state index in [2.05, 4.69) is 15.3 Å². The largest absolute Gasteiger partial charge is 0.319 e. The van der Waals surface area contributed by atoms with Gasteiger partial charge in [0.2, 0.25) is 0 Å². The molecule has 0 spiro atoms. The molecule has 2 heterocycles. The van der Waals surface area contributed by atoms with Crippen LogP contribution in [0.2, 0.25) is 20.2 Å². The lowest BCUT2D eigenvalue weighted by atomic mass is 10.1. The second kappa shape index (κ2) is 6.73. The molecule has 3 aromatic rings. The summed E-state index contributed by atoms with van der Waals surface area (Å²) in [6, 6.07) is 9.27. The van der Waals surface area contributed by atoms with Crippen molar-refractivity contribution in [2.75, 3.05) is 5.32 Å². The lowest BCUT2D eigenvalue weighted by Crippen LogP contribution is -2.15. The molecule has 0 aliphatic heterocycles. The summed E-state index contributed by atoms with van der Waals surface area (Å²) in [5.74, 6) is -0.559. The van der Waals surface area contributed by atoms with Crippen molar-refractivity contribution in [1.82, 2.24) is 9.97 Å². The van der Waals surface area contributed by atoms with Gasteiger partial charge in [-0.15, -0.1) is 0 Å². The van der Waals surface area contributed by atoms with E-state index < -0.39 is 5.91 Å². The second-order valence-electron chi connectivity index (χ2n) is 4.98. The topological polar surface area (TPSA) is 54.9 Å². The molecule has 3 rings (SSSR count). The lowest BCUT2D eigenvalue weighted by Gasteiger charge is -2.11. The fourth-order valence-electron chi connectivity index (χ4n) is 2.16. The van der Waals surface area contributed by atoms with Crippen molar-refractivity contribution in [2.24, 2.45) is 0 Å². The number of anilines is 1. The van der Waals surface area contributed by atoms with Crippen LogP contribution >= 0.6 is 46.4 Å². The van der Waals surface area contributed by atoms with Gasteiger partial charge in [0.05, 0.1) is 26.3 Å². The molecule has 0 radical (unpaired) electrons. The quantitative estimate of drug-likeness (QED) is 0.552. The van der Waals surface area contributed by atoms with Gasteiger partial charge in [0.15, 0.2) is 0 Å². The number of nitrogens with one attached hydrogen (secondary N) is 1.